The van der Waals surface area contributed by atoms with Crippen molar-refractivity contribution in [2.75, 3.05) is 11.5 Å². The van der Waals surface area contributed by atoms with E-state index in [9.17, 15) is 9.59 Å². The summed E-state index contributed by atoms with van der Waals surface area (Å²) in [5.41, 5.74) is 11.6. The van der Waals surface area contributed by atoms with E-state index in [1.807, 2.05) is 0 Å². The van der Waals surface area contributed by atoms with Gasteiger partial charge < -0.3 is 31.2 Å². The molecule has 0 radical (unpaired) electrons. The number of hydrogen-bond acceptors (Lipinski definition) is 6. The Morgan fingerprint density at radius 1 is 0.679 bits per heavy atom. The molecule has 0 saturated heterocycles. The Bertz CT molecular complexity index is 980. The molecular weight excluding hydrogens is 364 g/mol. The molecule has 6 N–H and O–H groups in total. The summed E-state index contributed by atoms with van der Waals surface area (Å²) in [6.07, 6.45) is 0. The quantitative estimate of drug-likeness (QED) is 0.472. The van der Waals surface area contributed by atoms with Crippen LogP contribution in [-0.4, -0.2) is 22.2 Å². The minimum Gasteiger partial charge on any atom is -0.478 e. The molecule has 142 valence electrons. The molecule has 0 spiro atoms. The van der Waals surface area contributed by atoms with Gasteiger partial charge in [0.25, 0.3) is 0 Å². The van der Waals surface area contributed by atoms with Crippen LogP contribution in [0.3, 0.4) is 0 Å². The minimum atomic E-state index is -1.13. The van der Waals surface area contributed by atoms with Crippen LogP contribution in [0, 0.1) is 0 Å². The van der Waals surface area contributed by atoms with Gasteiger partial charge in [-0.25, -0.2) is 9.59 Å². The Kier molecular flexibility index (Phi) is 5.03. The third-order valence-corrected chi connectivity index (χ3v) is 3.81. The molecule has 0 unspecified atom stereocenters. The van der Waals surface area contributed by atoms with Gasteiger partial charge in [-0.05, 0) is 36.4 Å². The highest BCUT2D eigenvalue weighted by molar-refractivity contribution is 5.94. The number of hydrogen-bond donors (Lipinski definition) is 4. The number of carboxylic acid groups (broad SMARTS) is 2. The molecule has 8 heteroatoms. The normalized spacial score (nSPS) is 10.3. The lowest BCUT2D eigenvalue weighted by atomic mass is 10.1. The number of nitrogens with two attached hydrogens (primary N) is 2. The van der Waals surface area contributed by atoms with Crippen LogP contribution in [0.2, 0.25) is 0 Å². The molecular formula is C20H16N2O6. The zero-order chi connectivity index (χ0) is 20.3. The second-order valence-electron chi connectivity index (χ2n) is 5.76. The number of para-hydroxylation sites is 2. The summed E-state index contributed by atoms with van der Waals surface area (Å²) in [5, 5.41) is 18.1. The lowest BCUT2D eigenvalue weighted by Crippen LogP contribution is -2.02. The Hall–Kier alpha value is -4.20. The van der Waals surface area contributed by atoms with Crippen LogP contribution in [0.1, 0.15) is 20.7 Å². The maximum atomic E-state index is 11.1. The van der Waals surface area contributed by atoms with E-state index in [0.717, 1.165) is 0 Å². The summed E-state index contributed by atoms with van der Waals surface area (Å²) in [5.74, 6) is -0.888. The van der Waals surface area contributed by atoms with Crippen molar-refractivity contribution in [1.82, 2.24) is 0 Å². The predicted octanol–water partition coefficient (Wildman–Crippen LogP) is 3.83. The van der Waals surface area contributed by atoms with Gasteiger partial charge in [-0.3, -0.25) is 0 Å². The van der Waals surface area contributed by atoms with E-state index in [4.69, 9.17) is 31.2 Å². The molecule has 0 heterocycles. The number of anilines is 2. The molecule has 0 atom stereocenters. The average Bonchev–Trinajstić information content (AvgIpc) is 2.63. The zero-order valence-corrected chi connectivity index (χ0v) is 14.5. The number of ether oxygens (including phenoxy) is 2. The average molecular weight is 380 g/mol. The second-order valence-corrected chi connectivity index (χ2v) is 5.76. The topological polar surface area (TPSA) is 145 Å². The van der Waals surface area contributed by atoms with Gasteiger partial charge in [-0.15, -0.1) is 0 Å². The number of nitrogen functional groups attached to an aromatic ring is 2. The first-order valence-corrected chi connectivity index (χ1v) is 8.05. The number of rotatable bonds is 6. The first-order chi connectivity index (χ1) is 13.3. The smallest absolute Gasteiger partial charge is 0.337 e. The summed E-state index contributed by atoms with van der Waals surface area (Å²) < 4.78 is 11.5. The summed E-state index contributed by atoms with van der Waals surface area (Å²) in [4.78, 5) is 22.1. The van der Waals surface area contributed by atoms with Crippen molar-refractivity contribution in [3.05, 3.63) is 71.8 Å². The molecule has 28 heavy (non-hydrogen) atoms. The van der Waals surface area contributed by atoms with E-state index in [0.29, 0.717) is 23.0 Å². The van der Waals surface area contributed by atoms with Crippen LogP contribution in [-0.2, 0) is 0 Å². The number of benzene rings is 3. The fourth-order valence-electron chi connectivity index (χ4n) is 2.47. The van der Waals surface area contributed by atoms with Crippen molar-refractivity contribution in [2.24, 2.45) is 0 Å². The van der Waals surface area contributed by atoms with Crippen molar-refractivity contribution >= 4 is 23.3 Å². The maximum absolute atomic E-state index is 11.1. The Labute approximate surface area is 159 Å². The van der Waals surface area contributed by atoms with Crippen LogP contribution in [0.25, 0.3) is 0 Å². The molecule has 0 aliphatic carbocycles. The number of aromatic carboxylic acids is 2. The third kappa shape index (κ3) is 3.96. The van der Waals surface area contributed by atoms with E-state index in [-0.39, 0.29) is 22.5 Å². The molecule has 3 rings (SSSR count). The van der Waals surface area contributed by atoms with Crippen molar-refractivity contribution in [3.8, 4) is 23.0 Å². The molecule has 3 aromatic carbocycles. The second kappa shape index (κ2) is 7.58. The highest BCUT2D eigenvalue weighted by Gasteiger charge is 2.13. The third-order valence-electron chi connectivity index (χ3n) is 3.81. The molecule has 0 aliphatic heterocycles. The van der Waals surface area contributed by atoms with E-state index in [1.54, 1.807) is 24.3 Å². The van der Waals surface area contributed by atoms with E-state index in [2.05, 4.69) is 0 Å². The van der Waals surface area contributed by atoms with Gasteiger partial charge in [0.15, 0.2) is 11.5 Å². The largest absolute Gasteiger partial charge is 0.478 e. The summed E-state index contributed by atoms with van der Waals surface area (Å²) in [6, 6.07) is 15.3. The Morgan fingerprint density at radius 3 is 1.39 bits per heavy atom. The van der Waals surface area contributed by atoms with Crippen molar-refractivity contribution < 1.29 is 29.3 Å². The van der Waals surface area contributed by atoms with E-state index >= 15 is 0 Å². The van der Waals surface area contributed by atoms with Gasteiger partial charge in [-0.1, -0.05) is 12.1 Å². The van der Waals surface area contributed by atoms with Gasteiger partial charge in [-0.2, -0.15) is 0 Å². The molecule has 8 nitrogen and oxygen atoms in total. The standard InChI is InChI=1S/C20H16N2O6/c21-15-9-11(5-7-13(15)19(23)24)27-17-3-1-2-4-18(17)28-12-6-8-14(20(25)26)16(22)10-12/h1-10H,21-22H2,(H,23,24)(H,25,26). The first-order valence-electron chi connectivity index (χ1n) is 8.05. The van der Waals surface area contributed by atoms with Gasteiger partial charge in [0.05, 0.1) is 11.1 Å². The molecule has 0 bridgehead atoms. The first kappa shape index (κ1) is 18.6. The SMILES string of the molecule is Nc1cc(Oc2ccccc2Oc2ccc(C(=O)O)c(N)c2)ccc1C(=O)O. The van der Waals surface area contributed by atoms with Crippen LogP contribution < -0.4 is 20.9 Å². The lowest BCUT2D eigenvalue weighted by molar-refractivity contribution is 0.0687. The Morgan fingerprint density at radius 2 is 1.07 bits per heavy atom. The molecule has 3 aromatic rings. The fraction of sp³-hybridized carbons (Fsp3) is 0. The predicted molar refractivity (Wildman–Crippen MR) is 102 cm³/mol. The lowest BCUT2D eigenvalue weighted by Gasteiger charge is -2.13. The van der Waals surface area contributed by atoms with Crippen LogP contribution in [0.4, 0.5) is 11.4 Å². The summed E-state index contributed by atoms with van der Waals surface area (Å²) in [7, 11) is 0. The number of carbonyl (C=O) groups is 2. The van der Waals surface area contributed by atoms with Crippen LogP contribution >= 0.6 is 0 Å². The van der Waals surface area contributed by atoms with Gasteiger partial charge >= 0.3 is 11.9 Å². The highest BCUT2D eigenvalue weighted by Crippen LogP contribution is 2.36. The summed E-state index contributed by atoms with van der Waals surface area (Å²) >= 11 is 0. The van der Waals surface area contributed by atoms with Gasteiger partial charge in [0.2, 0.25) is 0 Å². The van der Waals surface area contributed by atoms with Crippen molar-refractivity contribution in [3.63, 3.8) is 0 Å². The Balaban J connectivity index is 1.86. The minimum absolute atomic E-state index is 0.0223. The molecule has 0 aliphatic rings. The van der Waals surface area contributed by atoms with Crippen molar-refractivity contribution in [2.45, 2.75) is 0 Å². The van der Waals surface area contributed by atoms with Gasteiger partial charge in [0, 0.05) is 23.5 Å². The monoisotopic (exact) mass is 380 g/mol. The van der Waals surface area contributed by atoms with E-state index in [1.165, 1.54) is 36.4 Å². The molecule has 0 saturated carbocycles. The highest BCUT2D eigenvalue weighted by atomic mass is 16.5. The molecule has 0 fully saturated rings. The zero-order valence-electron chi connectivity index (χ0n) is 14.5. The fourth-order valence-corrected chi connectivity index (χ4v) is 2.47. The van der Waals surface area contributed by atoms with Crippen LogP contribution in [0.15, 0.2) is 60.7 Å². The van der Waals surface area contributed by atoms with Crippen LogP contribution in [0.5, 0.6) is 23.0 Å². The maximum Gasteiger partial charge on any atom is 0.337 e. The summed E-state index contributed by atoms with van der Waals surface area (Å²) in [6.45, 7) is 0. The van der Waals surface area contributed by atoms with E-state index < -0.39 is 11.9 Å². The molecule has 0 aromatic heterocycles. The van der Waals surface area contributed by atoms with Gasteiger partial charge in [0.1, 0.15) is 11.5 Å². The molecule has 0 amide bonds. The number of carboxylic acids is 2. The van der Waals surface area contributed by atoms with Crippen molar-refractivity contribution in [1.29, 1.82) is 0 Å².